The second-order valence-corrected chi connectivity index (χ2v) is 9.92. The van der Waals surface area contributed by atoms with Gasteiger partial charge in [-0.25, -0.2) is 22.7 Å². The summed E-state index contributed by atoms with van der Waals surface area (Å²) in [6.07, 6.45) is 4.23. The molecule has 2 aliphatic rings. The number of hydrogen-bond acceptors (Lipinski definition) is 5. The maximum absolute atomic E-state index is 12.4. The fourth-order valence-electron chi connectivity index (χ4n) is 4.13. The van der Waals surface area contributed by atoms with Crippen molar-refractivity contribution in [2.45, 2.75) is 49.6 Å². The molecule has 0 unspecified atom stereocenters. The third-order valence-corrected chi connectivity index (χ3v) is 7.25. The monoisotopic (exact) mass is 470 g/mol. The van der Waals surface area contributed by atoms with Crippen LogP contribution in [0.5, 0.6) is 0 Å². The lowest BCUT2D eigenvalue weighted by Gasteiger charge is -2.15. The highest BCUT2D eigenvalue weighted by Crippen LogP contribution is 2.22. The molecular formula is C23H26N4O5S. The highest BCUT2D eigenvalue weighted by atomic mass is 32.2. The zero-order valence-corrected chi connectivity index (χ0v) is 18.9. The minimum Gasteiger partial charge on any atom is -0.337 e. The number of sulfonamides is 1. The predicted octanol–water partition coefficient (Wildman–Crippen LogP) is 2.53. The van der Waals surface area contributed by atoms with Crippen LogP contribution in [0.15, 0.2) is 53.4 Å². The summed E-state index contributed by atoms with van der Waals surface area (Å²) in [6, 6.07) is 12.1. The highest BCUT2D eigenvalue weighted by molar-refractivity contribution is 7.90. The molecular weight excluding hydrogens is 444 g/mol. The van der Waals surface area contributed by atoms with Crippen LogP contribution in [-0.4, -0.2) is 43.9 Å². The molecule has 0 bridgehead atoms. The van der Waals surface area contributed by atoms with Gasteiger partial charge in [-0.3, -0.25) is 9.69 Å². The van der Waals surface area contributed by atoms with E-state index in [0.717, 1.165) is 36.8 Å². The molecule has 0 spiro atoms. The number of benzene rings is 2. The fourth-order valence-corrected chi connectivity index (χ4v) is 5.04. The van der Waals surface area contributed by atoms with E-state index in [1.165, 1.54) is 17.0 Å². The van der Waals surface area contributed by atoms with E-state index in [1.807, 2.05) is 16.9 Å². The zero-order valence-electron chi connectivity index (χ0n) is 18.0. The van der Waals surface area contributed by atoms with Gasteiger partial charge in [0.25, 0.3) is 15.9 Å². The lowest BCUT2D eigenvalue weighted by molar-refractivity contribution is 0.0821. The van der Waals surface area contributed by atoms with Gasteiger partial charge >= 0.3 is 12.1 Å². The van der Waals surface area contributed by atoms with Gasteiger partial charge in [-0.15, -0.1) is 0 Å². The van der Waals surface area contributed by atoms with Gasteiger partial charge in [0.1, 0.15) is 0 Å². The van der Waals surface area contributed by atoms with Crippen molar-refractivity contribution in [3.8, 4) is 0 Å². The molecule has 9 nitrogen and oxygen atoms in total. The number of imide groups is 1. The number of hydrogen-bond donors (Lipinski definition) is 3. The van der Waals surface area contributed by atoms with Crippen LogP contribution >= 0.6 is 0 Å². The molecule has 0 radical (unpaired) electrons. The molecule has 2 aromatic rings. The minimum atomic E-state index is -3.97. The lowest BCUT2D eigenvalue weighted by atomic mass is 10.1. The first kappa shape index (κ1) is 22.8. The quantitative estimate of drug-likeness (QED) is 0.598. The average molecular weight is 471 g/mol. The van der Waals surface area contributed by atoms with Gasteiger partial charge in [0.2, 0.25) is 0 Å². The highest BCUT2D eigenvalue weighted by Gasteiger charge is 2.31. The third-order valence-electron chi connectivity index (χ3n) is 5.91. The molecule has 3 N–H and O–H groups in total. The Balaban J connectivity index is 1.26. The summed E-state index contributed by atoms with van der Waals surface area (Å²) in [4.78, 5) is 37.9. The molecule has 1 saturated carbocycles. The van der Waals surface area contributed by atoms with Crippen molar-refractivity contribution in [1.82, 2.24) is 20.3 Å². The van der Waals surface area contributed by atoms with Crippen LogP contribution in [0.3, 0.4) is 0 Å². The molecule has 1 aliphatic heterocycles. The topological polar surface area (TPSA) is 125 Å². The number of carbonyl (C=O) groups is 3. The van der Waals surface area contributed by atoms with Gasteiger partial charge < -0.3 is 10.6 Å². The largest absolute Gasteiger partial charge is 0.337 e. The molecule has 2 aromatic carbocycles. The Bertz CT molecular complexity index is 1160. The molecule has 174 valence electrons. The summed E-state index contributed by atoms with van der Waals surface area (Å²) in [5, 5.41) is 5.42. The molecule has 4 rings (SSSR count). The Kier molecular flexibility index (Phi) is 6.64. The van der Waals surface area contributed by atoms with Gasteiger partial charge in [0.15, 0.2) is 0 Å². The van der Waals surface area contributed by atoms with Crippen molar-refractivity contribution in [3.63, 3.8) is 0 Å². The normalized spacial score (nSPS) is 15.9. The van der Waals surface area contributed by atoms with Gasteiger partial charge in [-0.2, -0.15) is 0 Å². The molecule has 33 heavy (non-hydrogen) atoms. The summed E-state index contributed by atoms with van der Waals surface area (Å²) in [5.41, 5.74) is 2.16. The van der Waals surface area contributed by atoms with Gasteiger partial charge in [-0.1, -0.05) is 43.2 Å². The number of fused-ring (bicyclic) bond motifs is 1. The second-order valence-electron chi connectivity index (χ2n) is 8.23. The van der Waals surface area contributed by atoms with Crippen LogP contribution in [0.2, 0.25) is 0 Å². The summed E-state index contributed by atoms with van der Waals surface area (Å²) in [6.45, 7) is 0.530. The lowest BCUT2D eigenvalue weighted by Crippen LogP contribution is -2.43. The van der Waals surface area contributed by atoms with Gasteiger partial charge in [0, 0.05) is 18.2 Å². The summed E-state index contributed by atoms with van der Waals surface area (Å²) >= 11 is 0. The third kappa shape index (κ3) is 5.33. The Morgan fingerprint density at radius 3 is 2.39 bits per heavy atom. The number of nitrogens with one attached hydrogen (secondary N) is 3. The Hall–Kier alpha value is -3.40. The van der Waals surface area contributed by atoms with E-state index in [4.69, 9.17) is 0 Å². The van der Waals surface area contributed by atoms with Crippen LogP contribution < -0.4 is 15.4 Å². The summed E-state index contributed by atoms with van der Waals surface area (Å²) in [7, 11) is -3.97. The van der Waals surface area contributed by atoms with Gasteiger partial charge in [-0.05, 0) is 48.6 Å². The van der Waals surface area contributed by atoms with Crippen LogP contribution in [0.4, 0.5) is 9.59 Å². The first-order valence-corrected chi connectivity index (χ1v) is 12.4. The summed E-state index contributed by atoms with van der Waals surface area (Å²) in [5.74, 6) is -0.317. The van der Waals surface area contributed by atoms with E-state index < -0.39 is 22.1 Å². The van der Waals surface area contributed by atoms with E-state index in [1.54, 1.807) is 24.3 Å². The van der Waals surface area contributed by atoms with Crippen LogP contribution in [-0.2, 0) is 23.0 Å². The average Bonchev–Trinajstić information content (AvgIpc) is 3.41. The van der Waals surface area contributed by atoms with E-state index in [0.29, 0.717) is 12.0 Å². The molecule has 0 saturated heterocycles. The van der Waals surface area contributed by atoms with Crippen LogP contribution in [0.1, 0.15) is 47.2 Å². The van der Waals surface area contributed by atoms with Crippen molar-refractivity contribution in [2.24, 2.45) is 0 Å². The standard InChI is InChI=1S/C23H26N4O5S/c28-21-20-8-4-1-5-17(20)15-27(21)23(30)24-14-13-16-9-11-19(12-10-16)33(31,32)26-22(29)25-18-6-2-3-7-18/h1,4-5,8-12,18H,2-3,6-7,13-15H2,(H,24,30)(H2,25,26,29). The van der Waals surface area contributed by atoms with Crippen molar-refractivity contribution in [1.29, 1.82) is 0 Å². The first-order chi connectivity index (χ1) is 15.8. The Morgan fingerprint density at radius 2 is 1.70 bits per heavy atom. The molecule has 1 heterocycles. The SMILES string of the molecule is O=C(NC1CCCC1)NS(=O)(=O)c1ccc(CCNC(=O)N2Cc3ccccc3C2=O)cc1. The molecule has 5 amide bonds. The number of urea groups is 2. The molecule has 1 aliphatic carbocycles. The smallest absolute Gasteiger partial charge is 0.328 e. The Labute approximate surface area is 192 Å². The van der Waals surface area contributed by atoms with Crippen molar-refractivity contribution < 1.29 is 22.8 Å². The van der Waals surface area contributed by atoms with Crippen LogP contribution in [0, 0.1) is 0 Å². The van der Waals surface area contributed by atoms with Crippen LogP contribution in [0.25, 0.3) is 0 Å². The first-order valence-electron chi connectivity index (χ1n) is 10.9. The van der Waals surface area contributed by atoms with Crippen molar-refractivity contribution in [2.75, 3.05) is 6.54 Å². The number of amides is 5. The number of carbonyl (C=O) groups excluding carboxylic acids is 3. The molecule has 0 atom stereocenters. The van der Waals surface area contributed by atoms with E-state index in [2.05, 4.69) is 10.6 Å². The van der Waals surface area contributed by atoms with Crippen molar-refractivity contribution >= 4 is 28.0 Å². The predicted molar refractivity (Wildman–Crippen MR) is 121 cm³/mol. The zero-order chi connectivity index (χ0) is 23.4. The maximum Gasteiger partial charge on any atom is 0.328 e. The summed E-state index contributed by atoms with van der Waals surface area (Å²) < 4.78 is 26.9. The molecule has 0 aromatic heterocycles. The maximum atomic E-state index is 12.4. The fraction of sp³-hybridized carbons (Fsp3) is 0.348. The van der Waals surface area contributed by atoms with Gasteiger partial charge in [0.05, 0.1) is 11.4 Å². The van der Waals surface area contributed by atoms with E-state index >= 15 is 0 Å². The minimum absolute atomic E-state index is 0.0164. The Morgan fingerprint density at radius 1 is 1.00 bits per heavy atom. The van der Waals surface area contributed by atoms with E-state index in [-0.39, 0.29) is 29.9 Å². The van der Waals surface area contributed by atoms with E-state index in [9.17, 15) is 22.8 Å². The second kappa shape index (κ2) is 9.62. The number of rotatable bonds is 6. The molecule has 1 fully saturated rings. The van der Waals surface area contributed by atoms with Crippen molar-refractivity contribution in [3.05, 3.63) is 65.2 Å². The molecule has 10 heteroatoms. The number of nitrogens with zero attached hydrogens (tertiary/aromatic N) is 1.